The first-order valence-electron chi connectivity index (χ1n) is 7.92. The molecule has 2 N–H and O–H groups in total. The number of hydrogen-bond donors (Lipinski definition) is 2. The van der Waals surface area contributed by atoms with Gasteiger partial charge in [-0.25, -0.2) is 0 Å². The summed E-state index contributed by atoms with van der Waals surface area (Å²) in [5, 5.41) is 12.5. The molecular weight excluding hydrogens is 264 g/mol. The number of benzene rings is 1. The molecule has 4 nitrogen and oxygen atoms in total. The largest absolute Gasteiger partial charge is 0.394 e. The van der Waals surface area contributed by atoms with Gasteiger partial charge in [0.25, 0.3) is 0 Å². The summed E-state index contributed by atoms with van der Waals surface area (Å²) in [6, 6.07) is 9.16. The summed E-state index contributed by atoms with van der Waals surface area (Å²) in [5.74, 6) is -0.000182. The predicted molar refractivity (Wildman–Crippen MR) is 83.9 cm³/mol. The van der Waals surface area contributed by atoms with E-state index in [-0.39, 0.29) is 24.6 Å². The number of hydrogen-bond acceptors (Lipinski definition) is 3. The molecule has 2 unspecified atom stereocenters. The van der Waals surface area contributed by atoms with Crippen LogP contribution >= 0.6 is 0 Å². The van der Waals surface area contributed by atoms with Crippen LogP contribution in [0.1, 0.15) is 44.2 Å². The number of amides is 1. The van der Waals surface area contributed by atoms with Gasteiger partial charge in [-0.15, -0.1) is 0 Å². The van der Waals surface area contributed by atoms with Gasteiger partial charge in [0.1, 0.15) is 0 Å². The van der Waals surface area contributed by atoms with Gasteiger partial charge in [-0.3, -0.25) is 9.69 Å². The monoisotopic (exact) mass is 290 g/mol. The molecule has 2 rings (SSSR count). The first-order chi connectivity index (χ1) is 10.2. The van der Waals surface area contributed by atoms with Gasteiger partial charge in [-0.05, 0) is 38.4 Å². The van der Waals surface area contributed by atoms with Crippen LogP contribution in [-0.4, -0.2) is 41.7 Å². The van der Waals surface area contributed by atoms with Crippen molar-refractivity contribution in [3.8, 4) is 0 Å². The first-order valence-corrected chi connectivity index (χ1v) is 7.92. The van der Waals surface area contributed by atoms with Gasteiger partial charge in [0.2, 0.25) is 5.91 Å². The van der Waals surface area contributed by atoms with Gasteiger partial charge in [0, 0.05) is 0 Å². The number of aliphatic hydroxyl groups excluding tert-OH is 1. The Hall–Kier alpha value is -1.39. The summed E-state index contributed by atoms with van der Waals surface area (Å²) in [6.07, 6.45) is 4.85. The second kappa shape index (κ2) is 8.15. The molecule has 0 spiro atoms. The Morgan fingerprint density at radius 2 is 1.81 bits per heavy atom. The minimum atomic E-state index is -0.326. The maximum atomic E-state index is 12.4. The van der Waals surface area contributed by atoms with Crippen LogP contribution in [0.5, 0.6) is 0 Å². The van der Waals surface area contributed by atoms with E-state index in [9.17, 15) is 9.90 Å². The van der Waals surface area contributed by atoms with E-state index >= 15 is 0 Å². The third-order valence-electron chi connectivity index (χ3n) is 4.27. The molecule has 1 aromatic carbocycles. The zero-order valence-electron chi connectivity index (χ0n) is 12.8. The van der Waals surface area contributed by atoms with Crippen molar-refractivity contribution in [2.45, 2.75) is 44.7 Å². The Kier molecular flexibility index (Phi) is 6.21. The number of carbonyl (C=O) groups is 1. The van der Waals surface area contributed by atoms with Crippen molar-refractivity contribution in [3.05, 3.63) is 35.9 Å². The van der Waals surface area contributed by atoms with Crippen LogP contribution in [0.4, 0.5) is 0 Å². The Bertz CT molecular complexity index is 428. The standard InChI is InChI=1S/C17H26N2O2/c1-14(19-11-7-2-3-8-12-19)17(21)18-16(13-20)15-9-5-4-6-10-15/h4-6,9-10,14,16,20H,2-3,7-8,11-13H2,1H3,(H,18,21). The summed E-state index contributed by atoms with van der Waals surface area (Å²) >= 11 is 0. The number of rotatable bonds is 5. The maximum Gasteiger partial charge on any atom is 0.237 e. The van der Waals surface area contributed by atoms with Gasteiger partial charge >= 0.3 is 0 Å². The topological polar surface area (TPSA) is 52.6 Å². The molecule has 1 heterocycles. The summed E-state index contributed by atoms with van der Waals surface area (Å²) < 4.78 is 0. The SMILES string of the molecule is CC(C(=O)NC(CO)c1ccccc1)N1CCCCCC1. The van der Waals surface area contributed by atoms with Crippen molar-refractivity contribution < 1.29 is 9.90 Å². The molecule has 1 aliphatic rings. The fourth-order valence-electron chi connectivity index (χ4n) is 2.86. The van der Waals surface area contributed by atoms with Crippen molar-refractivity contribution >= 4 is 5.91 Å². The van der Waals surface area contributed by atoms with Crippen LogP contribution in [0.15, 0.2) is 30.3 Å². The molecule has 116 valence electrons. The zero-order valence-corrected chi connectivity index (χ0v) is 12.8. The van der Waals surface area contributed by atoms with Crippen LogP contribution in [0.2, 0.25) is 0 Å². The van der Waals surface area contributed by atoms with Crippen LogP contribution in [0.3, 0.4) is 0 Å². The minimum Gasteiger partial charge on any atom is -0.394 e. The maximum absolute atomic E-state index is 12.4. The van der Waals surface area contributed by atoms with E-state index in [0.29, 0.717) is 0 Å². The lowest BCUT2D eigenvalue weighted by Crippen LogP contribution is -2.47. The Morgan fingerprint density at radius 3 is 2.38 bits per heavy atom. The van der Waals surface area contributed by atoms with Crippen LogP contribution in [0.25, 0.3) is 0 Å². The highest BCUT2D eigenvalue weighted by atomic mass is 16.3. The fourth-order valence-corrected chi connectivity index (χ4v) is 2.86. The fraction of sp³-hybridized carbons (Fsp3) is 0.588. The third kappa shape index (κ3) is 4.55. The van der Waals surface area contributed by atoms with Crippen LogP contribution in [0, 0.1) is 0 Å². The van der Waals surface area contributed by atoms with Crippen LogP contribution in [-0.2, 0) is 4.79 Å². The average molecular weight is 290 g/mol. The smallest absolute Gasteiger partial charge is 0.237 e. The van der Waals surface area contributed by atoms with Gasteiger partial charge < -0.3 is 10.4 Å². The molecule has 21 heavy (non-hydrogen) atoms. The van der Waals surface area contributed by atoms with E-state index in [1.165, 1.54) is 25.7 Å². The Balaban J connectivity index is 1.95. The molecule has 1 amide bonds. The van der Waals surface area contributed by atoms with Gasteiger partial charge in [0.05, 0.1) is 18.7 Å². The minimum absolute atomic E-state index is 0.000182. The second-order valence-electron chi connectivity index (χ2n) is 5.78. The van der Waals surface area contributed by atoms with Gasteiger partial charge in [0.15, 0.2) is 0 Å². The molecule has 4 heteroatoms. The normalized spacial score (nSPS) is 19.5. The predicted octanol–water partition coefficient (Wildman–Crippen LogP) is 2.10. The summed E-state index contributed by atoms with van der Waals surface area (Å²) in [4.78, 5) is 14.7. The van der Waals surface area contributed by atoms with E-state index in [1.54, 1.807) is 0 Å². The number of carbonyl (C=O) groups excluding carboxylic acids is 1. The number of nitrogens with one attached hydrogen (secondary N) is 1. The van der Waals surface area contributed by atoms with E-state index < -0.39 is 0 Å². The van der Waals surface area contributed by atoms with Crippen molar-refractivity contribution in [3.63, 3.8) is 0 Å². The van der Waals surface area contributed by atoms with Gasteiger partial charge in [-0.1, -0.05) is 43.2 Å². The highest BCUT2D eigenvalue weighted by Gasteiger charge is 2.24. The average Bonchev–Trinajstić information content (AvgIpc) is 2.81. The Morgan fingerprint density at radius 1 is 1.19 bits per heavy atom. The van der Waals surface area contributed by atoms with Crippen molar-refractivity contribution in [2.75, 3.05) is 19.7 Å². The summed E-state index contributed by atoms with van der Waals surface area (Å²) in [6.45, 7) is 3.86. The summed E-state index contributed by atoms with van der Waals surface area (Å²) in [5.41, 5.74) is 0.941. The third-order valence-corrected chi connectivity index (χ3v) is 4.27. The van der Waals surface area contributed by atoms with Crippen molar-refractivity contribution in [2.24, 2.45) is 0 Å². The molecule has 0 radical (unpaired) electrons. The van der Waals surface area contributed by atoms with E-state index in [0.717, 1.165) is 18.7 Å². The van der Waals surface area contributed by atoms with Crippen molar-refractivity contribution in [1.29, 1.82) is 0 Å². The van der Waals surface area contributed by atoms with Crippen LogP contribution < -0.4 is 5.32 Å². The highest BCUT2D eigenvalue weighted by Crippen LogP contribution is 2.15. The molecule has 2 atom stereocenters. The van der Waals surface area contributed by atoms with E-state index in [4.69, 9.17) is 0 Å². The molecule has 0 aromatic heterocycles. The quantitative estimate of drug-likeness (QED) is 0.873. The lowest BCUT2D eigenvalue weighted by atomic mass is 10.1. The van der Waals surface area contributed by atoms with Crippen molar-refractivity contribution in [1.82, 2.24) is 10.2 Å². The first kappa shape index (κ1) is 16.0. The molecule has 1 aromatic rings. The zero-order chi connectivity index (χ0) is 15.1. The molecular formula is C17H26N2O2. The molecule has 0 saturated carbocycles. The molecule has 0 bridgehead atoms. The molecule has 1 aliphatic heterocycles. The molecule has 1 fully saturated rings. The highest BCUT2D eigenvalue weighted by molar-refractivity contribution is 5.81. The number of nitrogens with zero attached hydrogens (tertiary/aromatic N) is 1. The number of aliphatic hydroxyl groups is 1. The van der Waals surface area contributed by atoms with Gasteiger partial charge in [-0.2, -0.15) is 0 Å². The van der Waals surface area contributed by atoms with E-state index in [2.05, 4.69) is 10.2 Å². The molecule has 1 saturated heterocycles. The second-order valence-corrected chi connectivity index (χ2v) is 5.78. The number of likely N-dealkylation sites (tertiary alicyclic amines) is 1. The summed E-state index contributed by atoms with van der Waals surface area (Å²) in [7, 11) is 0. The molecule has 0 aliphatic carbocycles. The lowest BCUT2D eigenvalue weighted by Gasteiger charge is -2.28. The lowest BCUT2D eigenvalue weighted by molar-refractivity contribution is -0.127. The Labute approximate surface area is 127 Å². The van der Waals surface area contributed by atoms with E-state index in [1.807, 2.05) is 37.3 Å².